The Balaban J connectivity index is 3.08. The first kappa shape index (κ1) is 8.96. The van der Waals surface area contributed by atoms with Gasteiger partial charge in [0.2, 0.25) is 0 Å². The fourth-order valence-electron chi connectivity index (χ4n) is 0.918. The summed E-state index contributed by atoms with van der Waals surface area (Å²) < 4.78 is 0. The maximum atomic E-state index is 5.69. The van der Waals surface area contributed by atoms with Crippen molar-refractivity contribution in [2.45, 2.75) is 6.92 Å². The van der Waals surface area contributed by atoms with Crippen molar-refractivity contribution in [2.75, 3.05) is 11.6 Å². The van der Waals surface area contributed by atoms with Gasteiger partial charge in [0.25, 0.3) is 0 Å². The molecule has 0 aliphatic heterocycles. The van der Waals surface area contributed by atoms with E-state index in [0.29, 0.717) is 5.88 Å². The largest absolute Gasteiger partial charge is 0.398 e. The van der Waals surface area contributed by atoms with Crippen molar-refractivity contribution in [1.29, 1.82) is 0 Å². The second-order valence-electron chi connectivity index (χ2n) is 2.46. The highest BCUT2D eigenvalue weighted by molar-refractivity contribution is 6.19. The molecule has 2 heteroatoms. The normalized spacial score (nSPS) is 8.83. The number of nitrogens with two attached hydrogens (primary N) is 1. The first-order valence-electron chi connectivity index (χ1n) is 3.65. The predicted octanol–water partition coefficient (Wildman–Crippen LogP) is 2.17. The number of alkyl halides is 1. The molecule has 2 N–H and O–H groups in total. The Morgan fingerprint density at radius 3 is 2.92 bits per heavy atom. The lowest BCUT2D eigenvalue weighted by Crippen LogP contribution is -1.91. The summed E-state index contributed by atoms with van der Waals surface area (Å²) in [5, 5.41) is 0. The van der Waals surface area contributed by atoms with Gasteiger partial charge < -0.3 is 5.73 Å². The number of nitrogen functional groups attached to an aromatic ring is 1. The molecule has 0 saturated heterocycles. The van der Waals surface area contributed by atoms with Gasteiger partial charge in [0.05, 0.1) is 5.88 Å². The quantitative estimate of drug-likeness (QED) is 0.369. The molecule has 0 aromatic heterocycles. The minimum Gasteiger partial charge on any atom is -0.398 e. The number of hydrogen-bond donors (Lipinski definition) is 1. The molecule has 0 spiro atoms. The lowest BCUT2D eigenvalue weighted by atomic mass is 10.1. The zero-order valence-corrected chi connectivity index (χ0v) is 7.65. The van der Waals surface area contributed by atoms with Crippen LogP contribution in [-0.2, 0) is 0 Å². The molecule has 0 heterocycles. The number of hydrogen-bond acceptors (Lipinski definition) is 1. The van der Waals surface area contributed by atoms with Gasteiger partial charge in [-0.3, -0.25) is 0 Å². The van der Waals surface area contributed by atoms with Gasteiger partial charge in [-0.05, 0) is 24.6 Å². The number of rotatable bonds is 0. The van der Waals surface area contributed by atoms with Crippen molar-refractivity contribution in [3.05, 3.63) is 29.3 Å². The van der Waals surface area contributed by atoms with E-state index in [1.54, 1.807) is 0 Å². The fraction of sp³-hybridized carbons (Fsp3) is 0.200. The van der Waals surface area contributed by atoms with Crippen LogP contribution in [-0.4, -0.2) is 5.88 Å². The van der Waals surface area contributed by atoms with Crippen LogP contribution in [0.4, 0.5) is 5.69 Å². The summed E-state index contributed by atoms with van der Waals surface area (Å²) in [6.45, 7) is 1.95. The van der Waals surface area contributed by atoms with Gasteiger partial charge in [-0.2, -0.15) is 0 Å². The highest BCUT2D eigenvalue weighted by Gasteiger charge is 1.96. The maximum Gasteiger partial charge on any atom is 0.0839 e. The summed E-state index contributed by atoms with van der Waals surface area (Å²) >= 11 is 5.44. The van der Waals surface area contributed by atoms with Crippen LogP contribution in [0.5, 0.6) is 0 Å². The van der Waals surface area contributed by atoms with E-state index in [-0.39, 0.29) is 0 Å². The molecule has 1 nitrogen and oxygen atoms in total. The zero-order valence-electron chi connectivity index (χ0n) is 6.89. The molecular weight excluding hydrogens is 170 g/mol. The summed E-state index contributed by atoms with van der Waals surface area (Å²) in [5.41, 5.74) is 8.44. The van der Waals surface area contributed by atoms with Crippen molar-refractivity contribution in [1.82, 2.24) is 0 Å². The van der Waals surface area contributed by atoms with Gasteiger partial charge in [-0.15, -0.1) is 11.6 Å². The lowest BCUT2D eigenvalue weighted by Gasteiger charge is -2.00. The first-order chi connectivity index (χ1) is 5.75. The SMILES string of the molecule is Cc1c(N)cccc1C#CCCl. The molecule has 0 unspecified atom stereocenters. The highest BCUT2D eigenvalue weighted by Crippen LogP contribution is 2.13. The smallest absolute Gasteiger partial charge is 0.0839 e. The molecule has 0 bridgehead atoms. The van der Waals surface area contributed by atoms with Crippen LogP contribution in [0.1, 0.15) is 11.1 Å². The molecule has 0 amide bonds. The van der Waals surface area contributed by atoms with Crippen LogP contribution in [0.3, 0.4) is 0 Å². The van der Waals surface area contributed by atoms with E-state index < -0.39 is 0 Å². The summed E-state index contributed by atoms with van der Waals surface area (Å²) in [4.78, 5) is 0. The van der Waals surface area contributed by atoms with E-state index in [1.807, 2.05) is 25.1 Å². The molecule has 0 fully saturated rings. The average molecular weight is 180 g/mol. The Morgan fingerprint density at radius 2 is 2.25 bits per heavy atom. The van der Waals surface area contributed by atoms with Crippen molar-refractivity contribution in [3.63, 3.8) is 0 Å². The third kappa shape index (κ3) is 1.93. The van der Waals surface area contributed by atoms with E-state index in [2.05, 4.69) is 11.8 Å². The summed E-state index contributed by atoms with van der Waals surface area (Å²) in [5.74, 6) is 6.09. The molecule has 12 heavy (non-hydrogen) atoms. The summed E-state index contributed by atoms with van der Waals surface area (Å²) in [6, 6.07) is 5.69. The molecule has 1 aromatic carbocycles. The Morgan fingerprint density at radius 1 is 1.50 bits per heavy atom. The Hall–Kier alpha value is -1.13. The van der Waals surface area contributed by atoms with Crippen LogP contribution in [0.2, 0.25) is 0 Å². The van der Waals surface area contributed by atoms with Crippen LogP contribution in [0, 0.1) is 18.8 Å². The lowest BCUT2D eigenvalue weighted by molar-refractivity contribution is 1.44. The Bertz CT molecular complexity index is 333. The van der Waals surface area contributed by atoms with E-state index in [0.717, 1.165) is 16.8 Å². The molecule has 0 atom stereocenters. The van der Waals surface area contributed by atoms with Crippen molar-refractivity contribution in [3.8, 4) is 11.8 Å². The van der Waals surface area contributed by atoms with Crippen molar-refractivity contribution >= 4 is 17.3 Å². The minimum atomic E-state index is 0.355. The molecule has 62 valence electrons. The van der Waals surface area contributed by atoms with Crippen molar-refractivity contribution in [2.24, 2.45) is 0 Å². The van der Waals surface area contributed by atoms with Gasteiger partial charge in [0.15, 0.2) is 0 Å². The van der Waals surface area contributed by atoms with Crippen LogP contribution in [0.25, 0.3) is 0 Å². The van der Waals surface area contributed by atoms with E-state index >= 15 is 0 Å². The van der Waals surface area contributed by atoms with Gasteiger partial charge in [-0.25, -0.2) is 0 Å². The third-order valence-electron chi connectivity index (χ3n) is 1.67. The maximum absolute atomic E-state index is 5.69. The molecular formula is C10H10ClN. The molecule has 0 aliphatic carbocycles. The summed E-state index contributed by atoms with van der Waals surface area (Å²) in [6.07, 6.45) is 0. The van der Waals surface area contributed by atoms with Gasteiger partial charge >= 0.3 is 0 Å². The Kier molecular flexibility index (Phi) is 3.01. The second-order valence-corrected chi connectivity index (χ2v) is 2.72. The van der Waals surface area contributed by atoms with Gasteiger partial charge in [0, 0.05) is 11.3 Å². The molecule has 0 radical (unpaired) electrons. The van der Waals surface area contributed by atoms with Crippen LogP contribution >= 0.6 is 11.6 Å². The number of benzene rings is 1. The highest BCUT2D eigenvalue weighted by atomic mass is 35.5. The van der Waals surface area contributed by atoms with E-state index in [4.69, 9.17) is 17.3 Å². The van der Waals surface area contributed by atoms with Crippen molar-refractivity contribution < 1.29 is 0 Å². The molecule has 0 aliphatic rings. The van der Waals surface area contributed by atoms with E-state index in [1.165, 1.54) is 0 Å². The van der Waals surface area contributed by atoms with Crippen LogP contribution in [0.15, 0.2) is 18.2 Å². The fourth-order valence-corrected chi connectivity index (χ4v) is 0.984. The number of anilines is 1. The summed E-state index contributed by atoms with van der Waals surface area (Å²) in [7, 11) is 0. The molecule has 1 aromatic rings. The van der Waals surface area contributed by atoms with Crippen LogP contribution < -0.4 is 5.73 Å². The van der Waals surface area contributed by atoms with Gasteiger partial charge in [-0.1, -0.05) is 17.9 Å². The zero-order chi connectivity index (χ0) is 8.97. The Labute approximate surface area is 77.5 Å². The van der Waals surface area contributed by atoms with E-state index in [9.17, 15) is 0 Å². The predicted molar refractivity (Wildman–Crippen MR) is 53.2 cm³/mol. The number of halogens is 1. The third-order valence-corrected chi connectivity index (χ3v) is 1.80. The standard InChI is InChI=1S/C10H10ClN/c1-8-9(5-3-7-11)4-2-6-10(8)12/h2,4,6H,7,12H2,1H3. The minimum absolute atomic E-state index is 0.355. The second kappa shape index (κ2) is 4.04. The molecule has 1 rings (SSSR count). The molecule has 0 saturated carbocycles. The average Bonchev–Trinajstić information content (AvgIpc) is 2.08. The monoisotopic (exact) mass is 179 g/mol. The topological polar surface area (TPSA) is 26.0 Å². The van der Waals surface area contributed by atoms with Gasteiger partial charge in [0.1, 0.15) is 0 Å². The first-order valence-corrected chi connectivity index (χ1v) is 4.19.